The molecule has 4 nitrogen and oxygen atoms in total. The second-order valence-electron chi connectivity index (χ2n) is 8.41. The van der Waals surface area contributed by atoms with Crippen molar-refractivity contribution in [1.82, 2.24) is 4.57 Å². The van der Waals surface area contributed by atoms with Crippen molar-refractivity contribution >= 4 is 38.2 Å². The summed E-state index contributed by atoms with van der Waals surface area (Å²) >= 11 is 1.55. The zero-order valence-electron chi connectivity index (χ0n) is 17.8. The predicted octanol–water partition coefficient (Wildman–Crippen LogP) is 5.54. The van der Waals surface area contributed by atoms with Gasteiger partial charge in [0.15, 0.2) is 4.80 Å². The zero-order valence-corrected chi connectivity index (χ0v) is 18.6. The van der Waals surface area contributed by atoms with Gasteiger partial charge in [-0.1, -0.05) is 74.6 Å². The standard InChI is InChI=1S/C25H26N2O2S/c1-25(2,3)19-12-9-18(10-13-19)23(28)26-24-27(15-16-29-4)21-14-11-17-7-5-6-8-20(17)22(21)30-24/h5-14H,15-16H2,1-4H3. The zero-order chi connectivity index (χ0) is 21.3. The van der Waals surface area contributed by atoms with Crippen molar-refractivity contribution in [2.75, 3.05) is 13.7 Å². The average Bonchev–Trinajstić information content (AvgIpc) is 3.09. The van der Waals surface area contributed by atoms with Crippen LogP contribution in [0.1, 0.15) is 36.7 Å². The first kappa shape index (κ1) is 20.5. The van der Waals surface area contributed by atoms with Crippen LogP contribution in [0.25, 0.3) is 21.0 Å². The largest absolute Gasteiger partial charge is 0.383 e. The third-order valence-corrected chi connectivity index (χ3v) is 6.42. The second-order valence-corrected chi connectivity index (χ2v) is 9.39. The van der Waals surface area contributed by atoms with Crippen LogP contribution in [0.15, 0.2) is 65.7 Å². The van der Waals surface area contributed by atoms with Crippen LogP contribution in [0, 0.1) is 0 Å². The molecule has 154 valence electrons. The van der Waals surface area contributed by atoms with E-state index in [-0.39, 0.29) is 11.3 Å². The normalized spacial score (nSPS) is 12.7. The van der Waals surface area contributed by atoms with Gasteiger partial charge in [-0.3, -0.25) is 4.79 Å². The molecule has 1 aromatic heterocycles. The lowest BCUT2D eigenvalue weighted by atomic mass is 9.87. The first-order valence-electron chi connectivity index (χ1n) is 10.1. The van der Waals surface area contributed by atoms with Crippen molar-refractivity contribution < 1.29 is 9.53 Å². The Labute approximate surface area is 180 Å². The quantitative estimate of drug-likeness (QED) is 0.437. The lowest BCUT2D eigenvalue weighted by molar-refractivity contribution is 0.0997. The highest BCUT2D eigenvalue weighted by atomic mass is 32.1. The first-order valence-corrected chi connectivity index (χ1v) is 10.9. The summed E-state index contributed by atoms with van der Waals surface area (Å²) in [4.78, 5) is 18.1. The maximum atomic E-state index is 12.9. The molecule has 0 radical (unpaired) electrons. The van der Waals surface area contributed by atoms with Gasteiger partial charge in [0.25, 0.3) is 5.91 Å². The van der Waals surface area contributed by atoms with E-state index in [1.54, 1.807) is 18.4 Å². The topological polar surface area (TPSA) is 43.6 Å². The molecule has 4 rings (SSSR count). The minimum Gasteiger partial charge on any atom is -0.383 e. The molecule has 0 unspecified atom stereocenters. The summed E-state index contributed by atoms with van der Waals surface area (Å²) in [6.07, 6.45) is 0. The lowest BCUT2D eigenvalue weighted by Crippen LogP contribution is -2.19. The van der Waals surface area contributed by atoms with Crippen molar-refractivity contribution in [3.05, 3.63) is 76.6 Å². The van der Waals surface area contributed by atoms with Crippen LogP contribution >= 0.6 is 11.3 Å². The minimum atomic E-state index is -0.225. The number of thiazole rings is 1. The van der Waals surface area contributed by atoms with Crippen molar-refractivity contribution in [3.63, 3.8) is 0 Å². The molecule has 0 N–H and O–H groups in total. The lowest BCUT2D eigenvalue weighted by Gasteiger charge is -2.18. The van der Waals surface area contributed by atoms with Crippen LogP contribution in [0.2, 0.25) is 0 Å². The number of carbonyl (C=O) groups is 1. The molecule has 0 saturated heterocycles. The number of aromatic nitrogens is 1. The first-order chi connectivity index (χ1) is 14.4. The number of nitrogens with zero attached hydrogens (tertiary/aromatic N) is 2. The van der Waals surface area contributed by atoms with Crippen LogP contribution in [-0.2, 0) is 16.7 Å². The van der Waals surface area contributed by atoms with Crippen molar-refractivity contribution in [3.8, 4) is 0 Å². The Morgan fingerprint density at radius 3 is 2.47 bits per heavy atom. The molecular weight excluding hydrogens is 392 g/mol. The van der Waals surface area contributed by atoms with Gasteiger partial charge in [-0.25, -0.2) is 0 Å². The Balaban J connectivity index is 1.82. The van der Waals surface area contributed by atoms with E-state index in [0.717, 1.165) is 10.2 Å². The molecule has 30 heavy (non-hydrogen) atoms. The molecule has 0 aliphatic carbocycles. The van der Waals surface area contributed by atoms with Gasteiger partial charge in [0, 0.05) is 24.6 Å². The minimum absolute atomic E-state index is 0.0500. The molecule has 0 aliphatic heterocycles. The van der Waals surface area contributed by atoms with E-state index in [4.69, 9.17) is 4.74 Å². The molecule has 4 aromatic rings. The third-order valence-electron chi connectivity index (χ3n) is 5.29. The molecule has 5 heteroatoms. The monoisotopic (exact) mass is 418 g/mol. The number of hydrogen-bond donors (Lipinski definition) is 0. The van der Waals surface area contributed by atoms with Gasteiger partial charge in [-0.15, -0.1) is 0 Å². The van der Waals surface area contributed by atoms with Crippen LogP contribution in [0.3, 0.4) is 0 Å². The Hall–Kier alpha value is -2.76. The summed E-state index contributed by atoms with van der Waals surface area (Å²) in [5.41, 5.74) is 2.92. The van der Waals surface area contributed by atoms with Gasteiger partial charge in [0.1, 0.15) is 0 Å². The highest BCUT2D eigenvalue weighted by Gasteiger charge is 2.15. The van der Waals surface area contributed by atoms with Gasteiger partial charge in [0.05, 0.1) is 16.8 Å². The number of methoxy groups -OCH3 is 1. The molecule has 3 aromatic carbocycles. The Morgan fingerprint density at radius 2 is 1.77 bits per heavy atom. The van der Waals surface area contributed by atoms with E-state index < -0.39 is 0 Å². The van der Waals surface area contributed by atoms with Gasteiger partial charge in [-0.2, -0.15) is 4.99 Å². The Bertz CT molecular complexity index is 1270. The molecule has 0 spiro atoms. The number of fused-ring (bicyclic) bond motifs is 3. The fourth-order valence-electron chi connectivity index (χ4n) is 3.55. The number of benzene rings is 3. The third kappa shape index (κ3) is 3.95. The summed E-state index contributed by atoms with van der Waals surface area (Å²) in [7, 11) is 1.68. The second kappa shape index (κ2) is 8.17. The maximum Gasteiger partial charge on any atom is 0.279 e. The number of hydrogen-bond acceptors (Lipinski definition) is 3. The summed E-state index contributed by atoms with van der Waals surface area (Å²) in [5, 5.41) is 2.36. The number of amides is 1. The van der Waals surface area contributed by atoms with Crippen molar-refractivity contribution in [2.45, 2.75) is 32.7 Å². The van der Waals surface area contributed by atoms with Crippen LogP contribution in [0.4, 0.5) is 0 Å². The van der Waals surface area contributed by atoms with E-state index in [9.17, 15) is 4.79 Å². The van der Waals surface area contributed by atoms with E-state index >= 15 is 0 Å². The van der Waals surface area contributed by atoms with Crippen molar-refractivity contribution in [1.29, 1.82) is 0 Å². The van der Waals surface area contributed by atoms with E-state index in [1.165, 1.54) is 16.3 Å². The average molecular weight is 419 g/mol. The van der Waals surface area contributed by atoms with Gasteiger partial charge >= 0.3 is 0 Å². The molecule has 0 bridgehead atoms. The highest BCUT2D eigenvalue weighted by Crippen LogP contribution is 2.28. The number of rotatable bonds is 4. The molecule has 0 aliphatic rings. The summed E-state index contributed by atoms with van der Waals surface area (Å²) in [6, 6.07) is 20.3. The fraction of sp³-hybridized carbons (Fsp3) is 0.280. The fourth-order valence-corrected chi connectivity index (χ4v) is 4.74. The van der Waals surface area contributed by atoms with Crippen LogP contribution in [0.5, 0.6) is 0 Å². The smallest absolute Gasteiger partial charge is 0.279 e. The van der Waals surface area contributed by atoms with Gasteiger partial charge in [-0.05, 0) is 34.6 Å². The van der Waals surface area contributed by atoms with Crippen LogP contribution in [-0.4, -0.2) is 24.2 Å². The predicted molar refractivity (Wildman–Crippen MR) is 124 cm³/mol. The summed E-state index contributed by atoms with van der Waals surface area (Å²) in [6.45, 7) is 7.68. The van der Waals surface area contributed by atoms with E-state index in [1.807, 2.05) is 36.4 Å². The maximum absolute atomic E-state index is 12.9. The number of ether oxygens (including phenoxy) is 1. The van der Waals surface area contributed by atoms with Gasteiger partial charge < -0.3 is 9.30 Å². The SMILES string of the molecule is COCCn1c(=NC(=O)c2ccc(C(C)(C)C)cc2)sc2c3ccccc3ccc21. The van der Waals surface area contributed by atoms with E-state index in [0.29, 0.717) is 23.5 Å². The molecular formula is C25H26N2O2S. The van der Waals surface area contributed by atoms with Crippen molar-refractivity contribution in [2.24, 2.45) is 4.99 Å². The molecule has 0 fully saturated rings. The summed E-state index contributed by atoms with van der Waals surface area (Å²) in [5.74, 6) is -0.225. The molecule has 0 saturated carbocycles. The Morgan fingerprint density at radius 1 is 1.03 bits per heavy atom. The van der Waals surface area contributed by atoms with Gasteiger partial charge in [0.2, 0.25) is 0 Å². The highest BCUT2D eigenvalue weighted by molar-refractivity contribution is 7.17. The molecule has 1 heterocycles. The summed E-state index contributed by atoms with van der Waals surface area (Å²) < 4.78 is 8.52. The Kier molecular flexibility index (Phi) is 5.58. The molecule has 1 amide bonds. The van der Waals surface area contributed by atoms with E-state index in [2.05, 4.69) is 54.6 Å². The van der Waals surface area contributed by atoms with Crippen LogP contribution < -0.4 is 4.80 Å². The number of carbonyl (C=O) groups excluding carboxylic acids is 1. The molecule has 0 atom stereocenters.